The van der Waals surface area contributed by atoms with Crippen LogP contribution >= 0.6 is 0 Å². The Morgan fingerprint density at radius 3 is 3.06 bits per heavy atom. The van der Waals surface area contributed by atoms with Gasteiger partial charge in [0.25, 0.3) is 0 Å². The van der Waals surface area contributed by atoms with Crippen LogP contribution in [0.25, 0.3) is 0 Å². The first kappa shape index (κ1) is 11.7. The molecule has 2 heteroatoms. The zero-order valence-electron chi connectivity index (χ0n) is 10.1. The van der Waals surface area contributed by atoms with Crippen molar-refractivity contribution in [2.75, 3.05) is 6.61 Å². The molecule has 0 bridgehead atoms. The van der Waals surface area contributed by atoms with Crippen LogP contribution in [-0.4, -0.2) is 12.4 Å². The van der Waals surface area contributed by atoms with Crippen LogP contribution in [-0.2, 0) is 6.42 Å². The number of benzene rings is 1. The lowest BCUT2D eigenvalue weighted by molar-refractivity contribution is 0.0971. The van der Waals surface area contributed by atoms with E-state index in [1.807, 2.05) is 25.1 Å². The Hall–Kier alpha value is -1.75. The predicted octanol–water partition coefficient (Wildman–Crippen LogP) is 3.00. The summed E-state index contributed by atoms with van der Waals surface area (Å²) >= 11 is 0. The molecule has 0 unspecified atom stereocenters. The van der Waals surface area contributed by atoms with Gasteiger partial charge in [0.05, 0.1) is 6.61 Å². The number of carbonyl (C=O) groups is 1. The molecule has 2 nitrogen and oxygen atoms in total. The number of rotatable bonds is 3. The predicted molar refractivity (Wildman–Crippen MR) is 67.3 cm³/mol. The molecular formula is C15H16O2. The lowest BCUT2D eigenvalue weighted by Gasteiger charge is -2.18. The molecule has 0 radical (unpaired) electrons. The Morgan fingerprint density at radius 1 is 1.35 bits per heavy atom. The molecule has 17 heavy (non-hydrogen) atoms. The average Bonchev–Trinajstić information content (AvgIpc) is 2.36. The van der Waals surface area contributed by atoms with Gasteiger partial charge in [-0.15, -0.1) is 11.8 Å². The highest BCUT2D eigenvalue weighted by atomic mass is 16.5. The zero-order chi connectivity index (χ0) is 12.1. The smallest absolute Gasteiger partial charge is 0.163 e. The summed E-state index contributed by atoms with van der Waals surface area (Å²) in [5.74, 6) is 6.90. The number of hydrogen-bond donors (Lipinski definition) is 0. The molecule has 0 N–H and O–H groups in total. The Bertz CT molecular complexity index is 477. The van der Waals surface area contributed by atoms with Crippen molar-refractivity contribution in [3.63, 3.8) is 0 Å². The van der Waals surface area contributed by atoms with E-state index in [1.54, 1.807) is 0 Å². The van der Waals surface area contributed by atoms with Crippen LogP contribution in [0.5, 0.6) is 5.75 Å². The fourth-order valence-corrected chi connectivity index (χ4v) is 2.12. The first-order chi connectivity index (χ1) is 8.33. The zero-order valence-corrected chi connectivity index (χ0v) is 10.1. The fraction of sp³-hybridized carbons (Fsp3) is 0.400. The van der Waals surface area contributed by atoms with E-state index in [2.05, 4.69) is 11.8 Å². The number of ether oxygens (including phenoxy) is 1. The highest BCUT2D eigenvalue weighted by molar-refractivity contribution is 5.99. The lowest BCUT2D eigenvalue weighted by atomic mass is 9.90. The molecule has 0 spiro atoms. The molecule has 0 saturated heterocycles. The van der Waals surface area contributed by atoms with E-state index >= 15 is 0 Å². The van der Waals surface area contributed by atoms with Crippen LogP contribution in [0.15, 0.2) is 18.2 Å². The molecule has 1 aromatic rings. The second-order valence-electron chi connectivity index (χ2n) is 4.08. The Kier molecular flexibility index (Phi) is 3.82. The summed E-state index contributed by atoms with van der Waals surface area (Å²) in [6.45, 7) is 2.41. The third-order valence-electron chi connectivity index (χ3n) is 2.93. The summed E-state index contributed by atoms with van der Waals surface area (Å²) in [6, 6.07) is 5.73. The summed E-state index contributed by atoms with van der Waals surface area (Å²) in [5.41, 5.74) is 1.92. The molecule has 1 aliphatic rings. The number of fused-ring (bicyclic) bond motifs is 1. The molecule has 1 aromatic carbocycles. The number of hydrogen-bond acceptors (Lipinski definition) is 2. The number of ketones is 1. The molecule has 0 heterocycles. The fourth-order valence-electron chi connectivity index (χ4n) is 2.12. The Morgan fingerprint density at radius 2 is 2.24 bits per heavy atom. The molecule has 1 aliphatic carbocycles. The monoisotopic (exact) mass is 228 g/mol. The van der Waals surface area contributed by atoms with Gasteiger partial charge in [-0.2, -0.15) is 0 Å². The van der Waals surface area contributed by atoms with Crippen molar-refractivity contribution in [1.82, 2.24) is 0 Å². The molecule has 0 aliphatic heterocycles. The van der Waals surface area contributed by atoms with Gasteiger partial charge in [-0.1, -0.05) is 12.1 Å². The largest absolute Gasteiger partial charge is 0.492 e. The maximum absolute atomic E-state index is 11.7. The van der Waals surface area contributed by atoms with Gasteiger partial charge >= 0.3 is 0 Å². The van der Waals surface area contributed by atoms with E-state index in [1.165, 1.54) is 0 Å². The topological polar surface area (TPSA) is 26.3 Å². The van der Waals surface area contributed by atoms with Crippen molar-refractivity contribution in [2.24, 2.45) is 0 Å². The second-order valence-corrected chi connectivity index (χ2v) is 4.08. The molecule has 88 valence electrons. The quantitative estimate of drug-likeness (QED) is 0.587. The van der Waals surface area contributed by atoms with Gasteiger partial charge in [0, 0.05) is 24.0 Å². The molecule has 0 saturated carbocycles. The van der Waals surface area contributed by atoms with Gasteiger partial charge in [-0.25, -0.2) is 0 Å². The van der Waals surface area contributed by atoms with Crippen molar-refractivity contribution in [3.05, 3.63) is 29.3 Å². The van der Waals surface area contributed by atoms with Gasteiger partial charge in [-0.3, -0.25) is 4.79 Å². The summed E-state index contributed by atoms with van der Waals surface area (Å²) in [5, 5.41) is 0. The standard InChI is InChI=1S/C15H16O2/c1-2-3-4-11-17-15-10-6-7-12-13(15)8-5-9-14(12)16/h6-7,10H,4-5,8-9,11H2,1H3. The average molecular weight is 228 g/mol. The van der Waals surface area contributed by atoms with Gasteiger partial charge in [0.1, 0.15) is 5.75 Å². The molecule has 0 atom stereocenters. The first-order valence-corrected chi connectivity index (χ1v) is 6.00. The van der Waals surface area contributed by atoms with Crippen LogP contribution in [0.3, 0.4) is 0 Å². The summed E-state index contributed by atoms with van der Waals surface area (Å²) < 4.78 is 5.70. The van der Waals surface area contributed by atoms with Crippen molar-refractivity contribution >= 4 is 5.78 Å². The third kappa shape index (κ3) is 2.68. The third-order valence-corrected chi connectivity index (χ3v) is 2.93. The normalized spacial score (nSPS) is 13.6. The van der Waals surface area contributed by atoms with Crippen molar-refractivity contribution < 1.29 is 9.53 Å². The van der Waals surface area contributed by atoms with Crippen LogP contribution in [0.1, 0.15) is 42.1 Å². The van der Waals surface area contributed by atoms with Gasteiger partial charge < -0.3 is 4.74 Å². The van der Waals surface area contributed by atoms with Gasteiger partial charge in [0.2, 0.25) is 0 Å². The summed E-state index contributed by atoms with van der Waals surface area (Å²) in [7, 11) is 0. The maximum atomic E-state index is 11.7. The van der Waals surface area contributed by atoms with E-state index < -0.39 is 0 Å². The van der Waals surface area contributed by atoms with Crippen LogP contribution < -0.4 is 4.74 Å². The van der Waals surface area contributed by atoms with E-state index in [9.17, 15) is 4.79 Å². The molecule has 0 aromatic heterocycles. The Labute approximate surface area is 102 Å². The van der Waals surface area contributed by atoms with Crippen molar-refractivity contribution in [2.45, 2.75) is 32.6 Å². The van der Waals surface area contributed by atoms with E-state index in [4.69, 9.17) is 4.74 Å². The van der Waals surface area contributed by atoms with Crippen molar-refractivity contribution in [3.8, 4) is 17.6 Å². The second kappa shape index (κ2) is 5.54. The van der Waals surface area contributed by atoms with Gasteiger partial charge in [-0.05, 0) is 25.8 Å². The van der Waals surface area contributed by atoms with E-state index in [0.717, 1.165) is 36.1 Å². The SMILES string of the molecule is CC#CCCOc1cccc2c1CCCC2=O. The minimum absolute atomic E-state index is 0.241. The first-order valence-electron chi connectivity index (χ1n) is 6.00. The molecule has 0 amide bonds. The minimum Gasteiger partial charge on any atom is -0.492 e. The van der Waals surface area contributed by atoms with Crippen LogP contribution in [0.2, 0.25) is 0 Å². The van der Waals surface area contributed by atoms with Crippen LogP contribution in [0, 0.1) is 11.8 Å². The molecule has 2 rings (SSSR count). The molecular weight excluding hydrogens is 212 g/mol. The maximum Gasteiger partial charge on any atom is 0.163 e. The highest BCUT2D eigenvalue weighted by Crippen LogP contribution is 2.29. The highest BCUT2D eigenvalue weighted by Gasteiger charge is 2.19. The number of Topliss-reactive ketones (excluding diaryl/α,β-unsaturated/α-hetero) is 1. The van der Waals surface area contributed by atoms with E-state index in [0.29, 0.717) is 13.0 Å². The molecule has 0 fully saturated rings. The van der Waals surface area contributed by atoms with E-state index in [-0.39, 0.29) is 5.78 Å². The van der Waals surface area contributed by atoms with Crippen molar-refractivity contribution in [1.29, 1.82) is 0 Å². The summed E-state index contributed by atoms with van der Waals surface area (Å²) in [6.07, 6.45) is 3.27. The van der Waals surface area contributed by atoms with Crippen LogP contribution in [0.4, 0.5) is 0 Å². The van der Waals surface area contributed by atoms with Gasteiger partial charge in [0.15, 0.2) is 5.78 Å². The lowest BCUT2D eigenvalue weighted by Crippen LogP contribution is -2.12. The minimum atomic E-state index is 0.241. The summed E-state index contributed by atoms with van der Waals surface area (Å²) in [4.78, 5) is 11.7. The Balaban J connectivity index is 2.14. The number of carbonyl (C=O) groups excluding carboxylic acids is 1.